The predicted octanol–water partition coefficient (Wildman–Crippen LogP) is 4.55. The van der Waals surface area contributed by atoms with Crippen molar-refractivity contribution in [2.45, 2.75) is 26.8 Å². The van der Waals surface area contributed by atoms with Gasteiger partial charge in [0.05, 0.1) is 18.2 Å². The van der Waals surface area contributed by atoms with E-state index in [1.54, 1.807) is 38.2 Å². The Bertz CT molecular complexity index is 1320. The number of ether oxygens (including phenoxy) is 1. The van der Waals surface area contributed by atoms with E-state index < -0.39 is 5.82 Å². The fourth-order valence-electron chi connectivity index (χ4n) is 3.24. The number of hydrogen-bond acceptors (Lipinski definition) is 6. The van der Waals surface area contributed by atoms with Crippen LogP contribution in [0.2, 0.25) is 0 Å². The highest BCUT2D eigenvalue weighted by atomic mass is 32.1. The summed E-state index contributed by atoms with van der Waals surface area (Å²) in [7, 11) is 0. The Morgan fingerprint density at radius 3 is 2.84 bits per heavy atom. The number of nitrogens with one attached hydrogen (secondary N) is 1. The molecule has 0 saturated carbocycles. The van der Waals surface area contributed by atoms with Gasteiger partial charge in [0.2, 0.25) is 0 Å². The molecule has 6 nitrogen and oxygen atoms in total. The molecule has 4 rings (SSSR count). The quantitative estimate of drug-likeness (QED) is 0.634. The zero-order valence-electron chi connectivity index (χ0n) is 17.4. The second kappa shape index (κ2) is 8.73. The first kappa shape index (κ1) is 21.4. The maximum Gasteiger partial charge on any atom is 0.251 e. The summed E-state index contributed by atoms with van der Waals surface area (Å²) in [5.74, 6) is 0.276. The van der Waals surface area contributed by atoms with Crippen LogP contribution in [0.25, 0.3) is 10.6 Å². The Balaban J connectivity index is 1.45. The number of Topliss-reactive ketones (excluding diaryl/α,β-unsaturated/α-hetero) is 1. The standard InChI is InChI=1S/C24H18FN3O3S/c1-13-14(2)31-22-6-4-16(8-17(22)9-21(13)29)23(30)27-11-18-12-28-24(32-18)19-5-3-15(10-26)7-20(19)25/h3-8,12H,9,11H2,1-2H3,(H,27,30). The summed E-state index contributed by atoms with van der Waals surface area (Å²) in [6, 6.07) is 11.1. The molecular formula is C24H18FN3O3S. The van der Waals surface area contributed by atoms with E-state index in [0.717, 1.165) is 4.88 Å². The third kappa shape index (κ3) is 4.29. The lowest BCUT2D eigenvalue weighted by atomic mass is 10.0. The summed E-state index contributed by atoms with van der Waals surface area (Å²) in [5, 5.41) is 12.2. The van der Waals surface area contributed by atoms with Crippen molar-refractivity contribution in [2.75, 3.05) is 0 Å². The van der Waals surface area contributed by atoms with Crippen LogP contribution < -0.4 is 10.1 Å². The average molecular weight is 447 g/mol. The number of halogens is 1. The molecule has 2 heterocycles. The molecule has 3 aromatic rings. The van der Waals surface area contributed by atoms with E-state index in [0.29, 0.717) is 38.8 Å². The number of fused-ring (bicyclic) bond motifs is 1. The zero-order chi connectivity index (χ0) is 22.8. The van der Waals surface area contributed by atoms with E-state index in [2.05, 4.69) is 10.3 Å². The Labute approximate surface area is 188 Å². The first-order valence-corrected chi connectivity index (χ1v) is 10.6. The number of amides is 1. The van der Waals surface area contributed by atoms with Gasteiger partial charge >= 0.3 is 0 Å². The number of nitrogens with zero attached hydrogens (tertiary/aromatic N) is 2. The summed E-state index contributed by atoms with van der Waals surface area (Å²) in [6.07, 6.45) is 1.76. The summed E-state index contributed by atoms with van der Waals surface area (Å²) in [6.45, 7) is 3.70. The van der Waals surface area contributed by atoms with E-state index in [9.17, 15) is 14.0 Å². The van der Waals surface area contributed by atoms with Crippen LogP contribution in [0, 0.1) is 17.1 Å². The van der Waals surface area contributed by atoms with Crippen LogP contribution in [-0.2, 0) is 17.8 Å². The number of thiazole rings is 1. The molecule has 1 aromatic heterocycles. The van der Waals surface area contributed by atoms with Crippen molar-refractivity contribution < 1.29 is 18.7 Å². The van der Waals surface area contributed by atoms with Crippen LogP contribution in [0.15, 0.2) is 53.9 Å². The van der Waals surface area contributed by atoms with Gasteiger partial charge in [0.25, 0.3) is 5.91 Å². The van der Waals surface area contributed by atoms with Crippen LogP contribution in [0.3, 0.4) is 0 Å². The first-order valence-electron chi connectivity index (χ1n) is 9.80. The molecular weight excluding hydrogens is 429 g/mol. The Hall–Kier alpha value is -3.83. The van der Waals surface area contributed by atoms with Gasteiger partial charge in [0, 0.05) is 39.8 Å². The molecule has 160 valence electrons. The van der Waals surface area contributed by atoms with Crippen molar-refractivity contribution in [1.82, 2.24) is 10.3 Å². The van der Waals surface area contributed by atoms with Gasteiger partial charge in [-0.25, -0.2) is 9.37 Å². The molecule has 1 aliphatic heterocycles. The maximum absolute atomic E-state index is 14.2. The molecule has 0 spiro atoms. The number of hydrogen-bond donors (Lipinski definition) is 1. The van der Waals surface area contributed by atoms with Gasteiger partial charge in [-0.3, -0.25) is 9.59 Å². The molecule has 1 N–H and O–H groups in total. The number of allylic oxidation sites excluding steroid dienone is 2. The zero-order valence-corrected chi connectivity index (χ0v) is 18.2. The summed E-state index contributed by atoms with van der Waals surface area (Å²) in [5.41, 5.74) is 2.20. The number of carbonyl (C=O) groups is 2. The molecule has 8 heteroatoms. The van der Waals surface area contributed by atoms with Crippen molar-refractivity contribution in [2.24, 2.45) is 0 Å². The van der Waals surface area contributed by atoms with Crippen LogP contribution in [-0.4, -0.2) is 16.7 Å². The molecule has 0 aliphatic carbocycles. The van der Waals surface area contributed by atoms with Crippen molar-refractivity contribution in [3.63, 3.8) is 0 Å². The fourth-order valence-corrected chi connectivity index (χ4v) is 4.12. The van der Waals surface area contributed by atoms with Gasteiger partial charge in [-0.15, -0.1) is 11.3 Å². The van der Waals surface area contributed by atoms with E-state index in [-0.39, 0.29) is 30.2 Å². The second-order valence-corrected chi connectivity index (χ2v) is 8.44. The smallest absolute Gasteiger partial charge is 0.251 e. The third-order valence-electron chi connectivity index (χ3n) is 5.19. The van der Waals surface area contributed by atoms with Gasteiger partial charge in [0.1, 0.15) is 22.3 Å². The van der Waals surface area contributed by atoms with Crippen molar-refractivity contribution >= 4 is 23.0 Å². The third-order valence-corrected chi connectivity index (χ3v) is 6.22. The van der Waals surface area contributed by atoms with Gasteiger partial charge < -0.3 is 10.1 Å². The highest BCUT2D eigenvalue weighted by Gasteiger charge is 2.20. The minimum atomic E-state index is -0.518. The lowest BCUT2D eigenvalue weighted by molar-refractivity contribution is -0.115. The molecule has 0 saturated heterocycles. The van der Waals surface area contributed by atoms with Crippen LogP contribution in [0.4, 0.5) is 4.39 Å². The van der Waals surface area contributed by atoms with Gasteiger partial charge in [0.15, 0.2) is 5.78 Å². The monoisotopic (exact) mass is 447 g/mol. The van der Waals surface area contributed by atoms with Crippen LogP contribution >= 0.6 is 11.3 Å². The van der Waals surface area contributed by atoms with E-state index in [1.807, 2.05) is 6.07 Å². The first-order chi connectivity index (χ1) is 15.4. The molecule has 0 fully saturated rings. The van der Waals surface area contributed by atoms with Gasteiger partial charge in [-0.2, -0.15) is 5.26 Å². The number of rotatable bonds is 4. The number of carbonyl (C=O) groups excluding carboxylic acids is 2. The molecule has 1 amide bonds. The summed E-state index contributed by atoms with van der Waals surface area (Å²) < 4.78 is 20.0. The molecule has 0 unspecified atom stereocenters. The minimum Gasteiger partial charge on any atom is -0.461 e. The number of nitriles is 1. The van der Waals surface area contributed by atoms with E-state index in [4.69, 9.17) is 10.00 Å². The highest BCUT2D eigenvalue weighted by Crippen LogP contribution is 2.29. The largest absolute Gasteiger partial charge is 0.461 e. The Kier molecular flexibility index (Phi) is 5.84. The molecule has 0 atom stereocenters. The number of ketones is 1. The molecule has 0 bridgehead atoms. The van der Waals surface area contributed by atoms with Crippen molar-refractivity contribution in [1.29, 1.82) is 5.26 Å². The Morgan fingerprint density at radius 2 is 2.09 bits per heavy atom. The second-order valence-electron chi connectivity index (χ2n) is 7.33. The summed E-state index contributed by atoms with van der Waals surface area (Å²) in [4.78, 5) is 29.9. The number of benzene rings is 2. The molecule has 0 radical (unpaired) electrons. The lowest BCUT2D eigenvalue weighted by Gasteiger charge is -2.10. The molecule has 32 heavy (non-hydrogen) atoms. The summed E-state index contributed by atoms with van der Waals surface area (Å²) >= 11 is 1.26. The van der Waals surface area contributed by atoms with E-state index in [1.165, 1.54) is 29.5 Å². The average Bonchev–Trinajstić information content (AvgIpc) is 3.22. The SMILES string of the molecule is CC1=C(C)C(=O)Cc2cc(C(=O)NCc3cnc(-c4ccc(C#N)cc4F)s3)ccc2O1. The van der Waals surface area contributed by atoms with Crippen LogP contribution in [0.5, 0.6) is 5.75 Å². The van der Waals surface area contributed by atoms with E-state index >= 15 is 0 Å². The number of aromatic nitrogens is 1. The fraction of sp³-hybridized carbons (Fsp3) is 0.167. The van der Waals surface area contributed by atoms with Gasteiger partial charge in [-0.05, 0) is 50.2 Å². The molecule has 1 aliphatic rings. The highest BCUT2D eigenvalue weighted by molar-refractivity contribution is 7.15. The normalized spacial score (nSPS) is 13.1. The van der Waals surface area contributed by atoms with Crippen molar-refractivity contribution in [3.05, 3.63) is 81.3 Å². The minimum absolute atomic E-state index is 0.0361. The Morgan fingerprint density at radius 1 is 1.28 bits per heavy atom. The lowest BCUT2D eigenvalue weighted by Crippen LogP contribution is -2.22. The van der Waals surface area contributed by atoms with Crippen molar-refractivity contribution in [3.8, 4) is 22.4 Å². The van der Waals surface area contributed by atoms with Crippen LogP contribution in [0.1, 0.15) is 40.2 Å². The predicted molar refractivity (Wildman–Crippen MR) is 118 cm³/mol. The maximum atomic E-state index is 14.2. The molecule has 2 aromatic carbocycles. The topological polar surface area (TPSA) is 92.1 Å². The van der Waals surface area contributed by atoms with Gasteiger partial charge in [-0.1, -0.05) is 0 Å².